The lowest BCUT2D eigenvalue weighted by molar-refractivity contribution is -0.160. The van der Waals surface area contributed by atoms with Crippen molar-refractivity contribution in [3.63, 3.8) is 0 Å². The number of ketones is 2. The highest BCUT2D eigenvalue weighted by Gasteiger charge is 2.31. The van der Waals surface area contributed by atoms with Crippen molar-refractivity contribution < 1.29 is 106 Å². The minimum absolute atomic E-state index is 0. The lowest BCUT2D eigenvalue weighted by Crippen LogP contribution is -2.43. The lowest BCUT2D eigenvalue weighted by atomic mass is 9.98. The number of aliphatic hydroxyl groups is 4. The maximum atomic E-state index is 12.5. The van der Waals surface area contributed by atoms with Gasteiger partial charge in [0.05, 0.1) is 73.2 Å². The first-order valence-electron chi connectivity index (χ1n) is 46.3. The molecule has 2 fully saturated rings. The Morgan fingerprint density at radius 3 is 1.22 bits per heavy atom. The summed E-state index contributed by atoms with van der Waals surface area (Å²) in [5.74, 6) is 4.18. The number of aliphatic imine (C=N–C) groups is 1. The zero-order valence-electron chi connectivity index (χ0n) is 84.0. The maximum Gasteiger partial charge on any atom is 0.397 e. The van der Waals surface area contributed by atoms with Gasteiger partial charge in [-0.3, -0.25) is 49.8 Å². The number of nitrogens with zero attached hydrogens (tertiary/aromatic N) is 5. The summed E-state index contributed by atoms with van der Waals surface area (Å²) in [6.07, 6.45) is 6.66. The summed E-state index contributed by atoms with van der Waals surface area (Å²) in [6, 6.07) is 54.0. The number of hydrogen-bond acceptors (Lipinski definition) is 28. The van der Waals surface area contributed by atoms with Crippen LogP contribution < -0.4 is 57.1 Å². The number of aryl methyl sites for hydroxylation is 2. The Morgan fingerprint density at radius 1 is 0.514 bits per heavy atom. The molecule has 2 saturated heterocycles. The molecule has 13 N–H and O–H groups in total. The quantitative estimate of drug-likeness (QED) is 0.00435. The Hall–Kier alpha value is -12.9. The van der Waals surface area contributed by atoms with E-state index in [4.69, 9.17) is 59.6 Å². The second-order valence-electron chi connectivity index (χ2n) is 32.6. The number of ether oxygens (including phenoxy) is 8. The molecular formula is C109H167N11O22. The van der Waals surface area contributed by atoms with Crippen LogP contribution in [0, 0.1) is 13.8 Å². The maximum absolute atomic E-state index is 12.5. The molecule has 790 valence electrons. The third kappa shape index (κ3) is 55.9. The molecule has 7 aromatic carbocycles. The molecule has 4 unspecified atom stereocenters. The number of methoxy groups -OCH3 is 5. The number of hydrogen-bond donors (Lipinski definition) is 10. The summed E-state index contributed by atoms with van der Waals surface area (Å²) < 4.78 is 39.7. The highest BCUT2D eigenvalue weighted by molar-refractivity contribution is 6.46. The Kier molecular flexibility index (Phi) is 72.1. The number of amides is 5. The average Bonchev–Trinajstić information content (AvgIpc) is 0.819. The lowest BCUT2D eigenvalue weighted by Gasteiger charge is -2.30. The molecule has 0 aliphatic carbocycles. The highest BCUT2D eigenvalue weighted by Crippen LogP contribution is 2.25. The molecule has 3 aliphatic heterocycles. The summed E-state index contributed by atoms with van der Waals surface area (Å²) >= 11 is 0. The van der Waals surface area contributed by atoms with Gasteiger partial charge in [-0.15, -0.1) is 0 Å². The second kappa shape index (κ2) is 76.9. The Labute approximate surface area is 844 Å². The van der Waals surface area contributed by atoms with Crippen LogP contribution in [0.25, 0.3) is 0 Å². The minimum atomic E-state index is -0.871. The largest absolute Gasteiger partial charge is 0.503 e. The molecule has 3 heterocycles. The van der Waals surface area contributed by atoms with Gasteiger partial charge in [-0.05, 0) is 247 Å². The van der Waals surface area contributed by atoms with Crippen LogP contribution in [0.3, 0.4) is 0 Å². The molecule has 0 spiro atoms. The number of benzene rings is 7. The van der Waals surface area contributed by atoms with Crippen LogP contribution in [-0.2, 0) is 108 Å². The van der Waals surface area contributed by atoms with E-state index in [1.165, 1.54) is 45.2 Å². The van der Waals surface area contributed by atoms with Crippen LogP contribution in [-0.4, -0.2) is 225 Å². The number of carbonyl (C=O) groups excluding carboxylic acids is 10. The number of hydrazine groups is 1. The number of carbonyl (C=O) groups is 10. The van der Waals surface area contributed by atoms with Gasteiger partial charge in [-0.1, -0.05) is 150 Å². The summed E-state index contributed by atoms with van der Waals surface area (Å²) in [5.41, 5.74) is 25.6. The van der Waals surface area contributed by atoms with Crippen molar-refractivity contribution >= 4 is 64.7 Å². The first-order chi connectivity index (χ1) is 65.9. The molecular weight excluding hydrogens is 1820 g/mol. The number of likely N-dealkylation sites (tertiary alicyclic amines) is 1. The summed E-state index contributed by atoms with van der Waals surface area (Å²) in [4.78, 5) is 126. The van der Waals surface area contributed by atoms with Gasteiger partial charge in [0.1, 0.15) is 40.2 Å². The normalized spacial score (nSPS) is 13.6. The molecule has 3 aliphatic rings. The van der Waals surface area contributed by atoms with E-state index in [0.29, 0.717) is 127 Å². The number of nitrogens with one attached hydrogen (secondary N) is 3. The van der Waals surface area contributed by atoms with E-state index >= 15 is 0 Å². The van der Waals surface area contributed by atoms with E-state index in [1.54, 1.807) is 107 Å². The molecule has 0 radical (unpaired) electrons. The fourth-order valence-electron chi connectivity index (χ4n) is 13.0. The van der Waals surface area contributed by atoms with Crippen LogP contribution in [0.2, 0.25) is 0 Å². The van der Waals surface area contributed by atoms with Crippen molar-refractivity contribution in [3.05, 3.63) is 243 Å². The minimum Gasteiger partial charge on any atom is -0.503 e. The average molecular weight is 1980 g/mol. The van der Waals surface area contributed by atoms with E-state index in [9.17, 15) is 58.2 Å². The Balaban J connectivity index is -0.00000157. The Bertz CT molecular complexity index is 4810. The molecule has 0 saturated carbocycles. The van der Waals surface area contributed by atoms with E-state index in [1.807, 2.05) is 149 Å². The van der Waals surface area contributed by atoms with Crippen molar-refractivity contribution in [3.8, 4) is 28.7 Å². The molecule has 33 heteroatoms. The number of esters is 3. The molecule has 5 amide bonds. The summed E-state index contributed by atoms with van der Waals surface area (Å²) in [6.45, 7) is 25.9. The van der Waals surface area contributed by atoms with Crippen LogP contribution in [0.5, 0.6) is 28.7 Å². The summed E-state index contributed by atoms with van der Waals surface area (Å²) in [7, 11) is 11.3. The van der Waals surface area contributed by atoms with E-state index in [0.717, 1.165) is 101 Å². The van der Waals surface area contributed by atoms with Crippen LogP contribution in [0.1, 0.15) is 219 Å². The third-order valence-electron chi connectivity index (χ3n) is 20.9. The molecule has 0 bridgehead atoms. The van der Waals surface area contributed by atoms with Gasteiger partial charge in [0, 0.05) is 115 Å². The zero-order valence-corrected chi connectivity index (χ0v) is 84.0. The SMILES string of the molecule is C.C.C.C.CC1CCC(=O)O1.CCOC(=O)C(=O)N(CCCC(C)=O)Cc1ccc(OC)cc1.CCOC(=O)C(=O)N(CCCC(C)O)Cc1ccc(OC)cc1.CN=C1C(=O)N(Cc2ccc(OC)cc2)CCC1=C(C)N.CNN.COc1ccc(CN)cc1.COc1ccc(CN2CCC(C(C)=O)=C(O)C2=O)cc1.Cc1ccc(CNC(=O)CCC(C)O)cc1.Cc1ccc(CNCCCC(C)O)cc1. The molecule has 142 heavy (non-hydrogen) atoms. The van der Waals surface area contributed by atoms with Crippen molar-refractivity contribution in [2.24, 2.45) is 22.3 Å². The smallest absolute Gasteiger partial charge is 0.397 e. The van der Waals surface area contributed by atoms with E-state index < -0.39 is 47.6 Å². The third-order valence-corrected chi connectivity index (χ3v) is 20.9. The van der Waals surface area contributed by atoms with Gasteiger partial charge in [-0.25, -0.2) is 9.59 Å². The number of nitrogens with two attached hydrogens (primary N) is 3. The number of cyclic esters (lactones) is 1. The number of aliphatic hydroxyl groups excluding tert-OH is 4. The zero-order chi connectivity index (χ0) is 103. The number of rotatable bonds is 36. The van der Waals surface area contributed by atoms with Gasteiger partial charge in [0.25, 0.3) is 11.8 Å². The standard InChI is InChI=1S/C17H25NO5.C17H23NO5.C16H21N3O2.C15H17NO4.C13H19NO2.C13H21NO.C8H11NO.C5H8O2.CH6N2.4CH4/c2*1-4-23-17(21)16(20)18(11-5-6-13(2)19)12-14-7-9-15(22-3)10-8-14;1-11(17)14-8-9-19(16(20)15(14)18-2)10-12-4-6-13(21-3)7-5-12;1-10(17)13-7-8-16(15(19)14(13)18)9-11-3-5-12(20-2)6-4-11;1-10-3-6-12(7-4-10)9-14-13(16)8-5-11(2)15;1-11-5-7-13(8-6-11)10-14-9-3-4-12(2)15;1-10-8-4-2-7(6-9)3-5-8;1-4-2-3-5(6)7-4;1-3-2;;;;/h7-10,13,19H,4-6,11-12H2,1-3H3;7-10H,4-6,11-12H2,1-3H3;4-7H,8-10,17H2,1-3H3;3-6,18H,7-9H2,1-2H3;3-4,6-7,11,15H,5,8-9H2,1-2H3,(H,14,16);5-8,12,14-15H,3-4,9-10H2,1-2H3;2-5H,6,9H2,1H3;4H,2-3H2,1H3;3H,2H2,1H3;4*1H4. The predicted octanol–water partition coefficient (Wildman–Crippen LogP) is 14.8. The molecule has 33 nitrogen and oxygen atoms in total. The monoisotopic (exact) mass is 1980 g/mol. The first kappa shape index (κ1) is 133. The van der Waals surface area contributed by atoms with Crippen LogP contribution >= 0.6 is 0 Å². The topological polar surface area (TPSA) is 465 Å². The van der Waals surface area contributed by atoms with Gasteiger partial charge < -0.3 is 105 Å². The van der Waals surface area contributed by atoms with Gasteiger partial charge in [-0.2, -0.15) is 0 Å². The molecule has 0 aromatic heterocycles. The van der Waals surface area contributed by atoms with Gasteiger partial charge in [0.2, 0.25) is 5.91 Å². The van der Waals surface area contributed by atoms with Crippen molar-refractivity contribution in [2.75, 3.05) is 95.6 Å². The fraction of sp³-hybridized carbons (Fsp3) is 0.477. The van der Waals surface area contributed by atoms with E-state index in [2.05, 4.69) is 58.1 Å². The number of piperidine rings is 1. The first-order valence-corrected chi connectivity index (χ1v) is 46.3. The number of Topliss-reactive ketones (excluding diaryl/α,β-unsaturated/α-hetero) is 2. The molecule has 10 rings (SSSR count). The van der Waals surface area contributed by atoms with Crippen LogP contribution in [0.15, 0.2) is 197 Å². The fourth-order valence-corrected chi connectivity index (χ4v) is 13.0. The van der Waals surface area contributed by atoms with Crippen molar-refractivity contribution in [2.45, 2.75) is 253 Å². The highest BCUT2D eigenvalue weighted by atomic mass is 16.6. The predicted molar refractivity (Wildman–Crippen MR) is 561 cm³/mol. The van der Waals surface area contributed by atoms with Crippen molar-refractivity contribution in [1.29, 1.82) is 0 Å². The van der Waals surface area contributed by atoms with E-state index in [-0.39, 0.29) is 96.6 Å². The van der Waals surface area contributed by atoms with Gasteiger partial charge in [0.15, 0.2) is 11.5 Å². The summed E-state index contributed by atoms with van der Waals surface area (Å²) in [5, 5.41) is 43.4. The van der Waals surface area contributed by atoms with Crippen molar-refractivity contribution in [1.82, 2.24) is 35.7 Å². The molecule has 4 atom stereocenters. The molecule has 7 aromatic rings. The van der Waals surface area contributed by atoms with Gasteiger partial charge >= 0.3 is 29.7 Å². The Morgan fingerprint density at radius 2 is 0.880 bits per heavy atom. The van der Waals surface area contributed by atoms with Crippen LogP contribution in [0.4, 0.5) is 0 Å². The number of allylic oxidation sites excluding steroid dienone is 1. The second-order valence-corrected chi connectivity index (χ2v) is 32.6.